The molecule has 3 aromatic rings. The number of likely N-dealkylation sites (tertiary alicyclic amines) is 1. The first-order valence-corrected chi connectivity index (χ1v) is 9.48. The number of fused-ring (bicyclic) bond motifs is 1. The molecule has 0 saturated carbocycles. The van der Waals surface area contributed by atoms with E-state index in [9.17, 15) is 4.79 Å². The summed E-state index contributed by atoms with van der Waals surface area (Å²) in [6.45, 7) is 1.43. The molecule has 25 heavy (non-hydrogen) atoms. The van der Waals surface area contributed by atoms with Gasteiger partial charge in [0, 0.05) is 31.0 Å². The Bertz CT molecular complexity index is 858. The minimum absolute atomic E-state index is 0.0626. The molecule has 0 aliphatic carbocycles. The molecule has 0 N–H and O–H groups in total. The fourth-order valence-electron chi connectivity index (χ4n) is 3.37. The standard InChI is InChI=1S/C20H20N2O2S/c23-19(22-12-10-17(14-22)24-20-21-11-13-25-20)9-8-16-6-3-5-15-4-1-2-7-18(15)16/h1-7,11,13,17H,8-10,12,14H2. The van der Waals surface area contributed by atoms with E-state index >= 15 is 0 Å². The van der Waals surface area contributed by atoms with Crippen molar-refractivity contribution in [1.29, 1.82) is 0 Å². The minimum atomic E-state index is 0.0626. The molecule has 0 bridgehead atoms. The largest absolute Gasteiger partial charge is 0.465 e. The first kappa shape index (κ1) is 16.1. The van der Waals surface area contributed by atoms with E-state index in [1.54, 1.807) is 6.20 Å². The van der Waals surface area contributed by atoms with E-state index in [1.807, 2.05) is 16.3 Å². The Hall–Kier alpha value is -2.40. The fraction of sp³-hybridized carbons (Fsp3) is 0.300. The molecular formula is C20H20N2O2S. The molecule has 128 valence electrons. The van der Waals surface area contributed by atoms with Gasteiger partial charge >= 0.3 is 0 Å². The summed E-state index contributed by atoms with van der Waals surface area (Å²) in [5.74, 6) is 0.207. The van der Waals surface area contributed by atoms with Crippen LogP contribution >= 0.6 is 11.3 Å². The molecule has 0 radical (unpaired) electrons. The Kier molecular flexibility index (Phi) is 4.65. The quantitative estimate of drug-likeness (QED) is 0.699. The van der Waals surface area contributed by atoms with E-state index in [1.165, 1.54) is 27.7 Å². The van der Waals surface area contributed by atoms with Gasteiger partial charge in [-0.05, 0) is 22.8 Å². The third kappa shape index (κ3) is 3.66. The molecule has 1 fully saturated rings. The van der Waals surface area contributed by atoms with Gasteiger partial charge in [0.2, 0.25) is 5.91 Å². The van der Waals surface area contributed by atoms with Crippen LogP contribution in [0.2, 0.25) is 0 Å². The fourth-order valence-corrected chi connectivity index (χ4v) is 3.92. The summed E-state index contributed by atoms with van der Waals surface area (Å²) in [4.78, 5) is 18.6. The highest BCUT2D eigenvalue weighted by Gasteiger charge is 2.27. The molecule has 1 atom stereocenters. The maximum Gasteiger partial charge on any atom is 0.273 e. The summed E-state index contributed by atoms with van der Waals surface area (Å²) in [5.41, 5.74) is 1.24. The van der Waals surface area contributed by atoms with Crippen LogP contribution in [0.1, 0.15) is 18.4 Å². The van der Waals surface area contributed by atoms with Gasteiger partial charge in [-0.3, -0.25) is 4.79 Å². The zero-order valence-electron chi connectivity index (χ0n) is 13.9. The summed E-state index contributed by atoms with van der Waals surface area (Å²) in [6, 6.07) is 14.6. The smallest absolute Gasteiger partial charge is 0.273 e. The number of carbonyl (C=O) groups is 1. The van der Waals surface area contributed by atoms with E-state index in [0.717, 1.165) is 19.4 Å². The van der Waals surface area contributed by atoms with Crippen molar-refractivity contribution in [3.8, 4) is 5.19 Å². The number of hydrogen-bond acceptors (Lipinski definition) is 4. The van der Waals surface area contributed by atoms with Crippen LogP contribution in [-0.4, -0.2) is 35.0 Å². The monoisotopic (exact) mass is 352 g/mol. The Balaban J connectivity index is 1.34. The average Bonchev–Trinajstić information content (AvgIpc) is 3.32. The van der Waals surface area contributed by atoms with Crippen LogP contribution in [0.5, 0.6) is 5.19 Å². The number of aryl methyl sites for hydroxylation is 1. The highest BCUT2D eigenvalue weighted by atomic mass is 32.1. The van der Waals surface area contributed by atoms with Crippen LogP contribution in [-0.2, 0) is 11.2 Å². The number of amides is 1. The molecule has 1 aliphatic heterocycles. The van der Waals surface area contributed by atoms with Gasteiger partial charge in [0.1, 0.15) is 6.10 Å². The third-order valence-corrected chi connectivity index (χ3v) is 5.32. The summed E-state index contributed by atoms with van der Waals surface area (Å²) < 4.78 is 5.83. The molecular weight excluding hydrogens is 332 g/mol. The Morgan fingerprint density at radius 1 is 1.24 bits per heavy atom. The number of rotatable bonds is 5. The lowest BCUT2D eigenvalue weighted by atomic mass is 10.0. The second-order valence-corrected chi connectivity index (χ2v) is 7.16. The molecule has 0 spiro atoms. The number of aromatic nitrogens is 1. The number of nitrogens with zero attached hydrogens (tertiary/aromatic N) is 2. The van der Waals surface area contributed by atoms with Crippen molar-refractivity contribution in [3.63, 3.8) is 0 Å². The molecule has 1 aromatic heterocycles. The van der Waals surface area contributed by atoms with Crippen LogP contribution in [0.25, 0.3) is 10.8 Å². The Morgan fingerprint density at radius 2 is 2.12 bits per heavy atom. The first-order chi connectivity index (χ1) is 12.3. The van der Waals surface area contributed by atoms with Gasteiger partial charge in [-0.15, -0.1) is 0 Å². The first-order valence-electron chi connectivity index (χ1n) is 8.60. The van der Waals surface area contributed by atoms with Crippen LogP contribution in [0.15, 0.2) is 54.0 Å². The van der Waals surface area contributed by atoms with Crippen molar-refractivity contribution in [2.45, 2.75) is 25.4 Å². The second-order valence-electron chi connectivity index (χ2n) is 6.30. The van der Waals surface area contributed by atoms with E-state index in [0.29, 0.717) is 18.2 Å². The van der Waals surface area contributed by atoms with Gasteiger partial charge in [0.25, 0.3) is 5.19 Å². The van der Waals surface area contributed by atoms with Crippen molar-refractivity contribution in [1.82, 2.24) is 9.88 Å². The highest BCUT2D eigenvalue weighted by Crippen LogP contribution is 2.22. The number of benzene rings is 2. The summed E-state index contributed by atoms with van der Waals surface area (Å²) in [7, 11) is 0. The van der Waals surface area contributed by atoms with Crippen LogP contribution in [0, 0.1) is 0 Å². The van der Waals surface area contributed by atoms with E-state index in [2.05, 4.69) is 41.4 Å². The number of thiazole rings is 1. The Labute approximate surface area is 151 Å². The van der Waals surface area contributed by atoms with Crippen molar-refractivity contribution in [2.24, 2.45) is 0 Å². The van der Waals surface area contributed by atoms with Crippen molar-refractivity contribution in [3.05, 3.63) is 59.6 Å². The van der Waals surface area contributed by atoms with Gasteiger partial charge in [-0.2, -0.15) is 0 Å². The SMILES string of the molecule is O=C(CCc1cccc2ccccc12)N1CCC(Oc2nccs2)C1. The lowest BCUT2D eigenvalue weighted by molar-refractivity contribution is -0.130. The van der Waals surface area contributed by atoms with Crippen molar-refractivity contribution in [2.75, 3.05) is 13.1 Å². The Morgan fingerprint density at radius 3 is 3.00 bits per heavy atom. The topological polar surface area (TPSA) is 42.4 Å². The van der Waals surface area contributed by atoms with Crippen LogP contribution < -0.4 is 4.74 Å². The number of hydrogen-bond donors (Lipinski definition) is 0. The molecule has 1 aliphatic rings. The number of carbonyl (C=O) groups excluding carboxylic acids is 1. The summed E-state index contributed by atoms with van der Waals surface area (Å²) >= 11 is 1.49. The lowest BCUT2D eigenvalue weighted by Crippen LogP contribution is -2.31. The normalized spacial score (nSPS) is 17.1. The summed E-state index contributed by atoms with van der Waals surface area (Å²) in [6.07, 6.45) is 3.99. The molecule has 2 aromatic carbocycles. The predicted molar refractivity (Wildman–Crippen MR) is 100.0 cm³/mol. The maximum absolute atomic E-state index is 12.6. The van der Waals surface area contributed by atoms with Crippen molar-refractivity contribution >= 4 is 28.0 Å². The molecule has 1 amide bonds. The molecule has 1 unspecified atom stereocenters. The van der Waals surface area contributed by atoms with E-state index in [4.69, 9.17) is 4.74 Å². The van der Waals surface area contributed by atoms with E-state index < -0.39 is 0 Å². The lowest BCUT2D eigenvalue weighted by Gasteiger charge is -2.17. The minimum Gasteiger partial charge on any atom is -0.465 e. The maximum atomic E-state index is 12.6. The summed E-state index contributed by atoms with van der Waals surface area (Å²) in [5, 5.41) is 5.06. The predicted octanol–water partition coefficient (Wildman–Crippen LogP) is 3.91. The van der Waals surface area contributed by atoms with E-state index in [-0.39, 0.29) is 12.0 Å². The van der Waals surface area contributed by atoms with Gasteiger partial charge in [0.05, 0.1) is 6.54 Å². The third-order valence-electron chi connectivity index (χ3n) is 4.66. The molecule has 2 heterocycles. The second kappa shape index (κ2) is 7.23. The van der Waals surface area contributed by atoms with Crippen molar-refractivity contribution < 1.29 is 9.53 Å². The van der Waals surface area contributed by atoms with Crippen LogP contribution in [0.4, 0.5) is 0 Å². The van der Waals surface area contributed by atoms with Crippen LogP contribution in [0.3, 0.4) is 0 Å². The zero-order chi connectivity index (χ0) is 17.1. The van der Waals surface area contributed by atoms with Gasteiger partial charge in [-0.1, -0.05) is 53.8 Å². The molecule has 5 heteroatoms. The number of ether oxygens (including phenoxy) is 1. The molecule has 4 nitrogen and oxygen atoms in total. The van der Waals surface area contributed by atoms with Gasteiger partial charge in [0.15, 0.2) is 0 Å². The van der Waals surface area contributed by atoms with Gasteiger partial charge < -0.3 is 9.64 Å². The zero-order valence-corrected chi connectivity index (χ0v) is 14.7. The average molecular weight is 352 g/mol. The molecule has 4 rings (SSSR count). The highest BCUT2D eigenvalue weighted by molar-refractivity contribution is 7.11. The van der Waals surface area contributed by atoms with Gasteiger partial charge in [-0.25, -0.2) is 4.98 Å². The molecule has 1 saturated heterocycles.